The minimum Gasteiger partial charge on any atom is -0.354 e. The number of hydrogen-bond donors (Lipinski definition) is 2. The van der Waals surface area contributed by atoms with Crippen LogP contribution in [0, 0.1) is 0 Å². The molecular formula is C16H20N4O3. The van der Waals surface area contributed by atoms with Crippen LogP contribution in [0.3, 0.4) is 0 Å². The molecule has 7 nitrogen and oxygen atoms in total. The number of amides is 2. The van der Waals surface area contributed by atoms with Crippen LogP contribution >= 0.6 is 0 Å². The minimum absolute atomic E-state index is 0.123. The molecule has 1 unspecified atom stereocenters. The molecular weight excluding hydrogens is 296 g/mol. The molecule has 0 aliphatic heterocycles. The zero-order valence-corrected chi connectivity index (χ0v) is 13.4. The number of aryl methyl sites for hydroxylation is 1. The maximum absolute atomic E-state index is 12.4. The maximum atomic E-state index is 12.4. The fraction of sp³-hybridized carbons (Fsp3) is 0.375. The summed E-state index contributed by atoms with van der Waals surface area (Å²) >= 11 is 0. The van der Waals surface area contributed by atoms with Gasteiger partial charge in [-0.05, 0) is 19.4 Å². The van der Waals surface area contributed by atoms with Crippen molar-refractivity contribution < 1.29 is 9.59 Å². The van der Waals surface area contributed by atoms with Crippen molar-refractivity contribution in [1.29, 1.82) is 0 Å². The Hall–Kier alpha value is -2.70. The number of carbonyl (C=O) groups is 2. The van der Waals surface area contributed by atoms with Gasteiger partial charge in [-0.1, -0.05) is 25.1 Å². The second kappa shape index (κ2) is 7.04. The monoisotopic (exact) mass is 316 g/mol. The third-order valence-electron chi connectivity index (χ3n) is 3.46. The highest BCUT2D eigenvalue weighted by Gasteiger charge is 2.20. The standard InChI is InChI=1S/C16H20N4O3/c1-4-9-17-14(21)10(2)18-15(22)13-11-7-5-6-8-12(11)16(23)20(3)19-13/h5-8,10H,4,9H2,1-3H3,(H,17,21)(H,18,22). The fourth-order valence-corrected chi connectivity index (χ4v) is 2.20. The summed E-state index contributed by atoms with van der Waals surface area (Å²) in [7, 11) is 1.49. The molecule has 2 amide bonds. The topological polar surface area (TPSA) is 93.1 Å². The molecule has 2 aromatic rings. The molecule has 0 saturated heterocycles. The highest BCUT2D eigenvalue weighted by atomic mass is 16.2. The second-order valence-electron chi connectivity index (χ2n) is 5.31. The lowest BCUT2D eigenvalue weighted by molar-refractivity contribution is -0.122. The molecule has 122 valence electrons. The molecule has 1 aromatic carbocycles. The van der Waals surface area contributed by atoms with Gasteiger partial charge < -0.3 is 10.6 Å². The van der Waals surface area contributed by atoms with E-state index in [1.54, 1.807) is 31.2 Å². The van der Waals surface area contributed by atoms with Gasteiger partial charge >= 0.3 is 0 Å². The molecule has 7 heteroatoms. The average Bonchev–Trinajstić information content (AvgIpc) is 2.55. The van der Waals surface area contributed by atoms with Crippen LogP contribution in [0.2, 0.25) is 0 Å². The Balaban J connectivity index is 2.30. The number of nitrogens with one attached hydrogen (secondary N) is 2. The van der Waals surface area contributed by atoms with Gasteiger partial charge in [-0.15, -0.1) is 0 Å². The fourth-order valence-electron chi connectivity index (χ4n) is 2.20. The maximum Gasteiger partial charge on any atom is 0.274 e. The molecule has 23 heavy (non-hydrogen) atoms. The van der Waals surface area contributed by atoms with E-state index >= 15 is 0 Å². The lowest BCUT2D eigenvalue weighted by Gasteiger charge is -2.14. The summed E-state index contributed by atoms with van der Waals surface area (Å²) in [6.07, 6.45) is 0.819. The number of carbonyl (C=O) groups excluding carboxylic acids is 2. The third-order valence-corrected chi connectivity index (χ3v) is 3.46. The molecule has 0 bridgehead atoms. The molecule has 0 radical (unpaired) electrons. The molecule has 1 atom stereocenters. The van der Waals surface area contributed by atoms with Gasteiger partial charge in [0.15, 0.2) is 5.69 Å². The van der Waals surface area contributed by atoms with E-state index in [-0.39, 0.29) is 17.2 Å². The first-order valence-electron chi connectivity index (χ1n) is 7.50. The molecule has 0 aliphatic rings. The Bertz CT molecular complexity index is 798. The average molecular weight is 316 g/mol. The van der Waals surface area contributed by atoms with Gasteiger partial charge in [0.2, 0.25) is 5.91 Å². The predicted molar refractivity (Wildman–Crippen MR) is 87.2 cm³/mol. The molecule has 2 N–H and O–H groups in total. The van der Waals surface area contributed by atoms with Gasteiger partial charge in [0.05, 0.1) is 5.39 Å². The van der Waals surface area contributed by atoms with Gasteiger partial charge in [0, 0.05) is 19.0 Å². The minimum atomic E-state index is -0.688. The number of hydrogen-bond acceptors (Lipinski definition) is 4. The van der Waals surface area contributed by atoms with Crippen LogP contribution in [0.15, 0.2) is 29.1 Å². The Kier molecular flexibility index (Phi) is 5.10. The van der Waals surface area contributed by atoms with Crippen LogP contribution in [-0.2, 0) is 11.8 Å². The Morgan fingerprint density at radius 2 is 1.91 bits per heavy atom. The summed E-state index contributed by atoms with van der Waals surface area (Å²) in [4.78, 5) is 36.4. The molecule has 0 spiro atoms. The normalized spacial score (nSPS) is 12.0. The first-order valence-corrected chi connectivity index (χ1v) is 7.50. The Morgan fingerprint density at radius 3 is 2.57 bits per heavy atom. The summed E-state index contributed by atoms with van der Waals surface area (Å²) in [5.74, 6) is -0.745. The van der Waals surface area contributed by atoms with Gasteiger partial charge in [-0.25, -0.2) is 4.68 Å². The van der Waals surface area contributed by atoms with Crippen molar-refractivity contribution in [3.05, 3.63) is 40.3 Å². The summed E-state index contributed by atoms with van der Waals surface area (Å²) in [6, 6.07) is 6.09. The van der Waals surface area contributed by atoms with Crippen molar-refractivity contribution >= 4 is 22.6 Å². The van der Waals surface area contributed by atoms with Crippen molar-refractivity contribution in [2.75, 3.05) is 6.54 Å². The second-order valence-corrected chi connectivity index (χ2v) is 5.31. The lowest BCUT2D eigenvalue weighted by atomic mass is 10.1. The number of nitrogens with zero attached hydrogens (tertiary/aromatic N) is 2. The van der Waals surface area contributed by atoms with Gasteiger partial charge in [-0.2, -0.15) is 5.10 Å². The predicted octanol–water partition coefficient (Wildman–Crippen LogP) is 0.578. The zero-order valence-electron chi connectivity index (χ0n) is 13.4. The lowest BCUT2D eigenvalue weighted by Crippen LogP contribution is -2.45. The zero-order chi connectivity index (χ0) is 17.0. The Morgan fingerprint density at radius 1 is 1.26 bits per heavy atom. The van der Waals surface area contributed by atoms with Crippen LogP contribution in [0.5, 0.6) is 0 Å². The van der Waals surface area contributed by atoms with Gasteiger partial charge in [0.1, 0.15) is 6.04 Å². The molecule has 0 saturated carbocycles. The van der Waals surface area contributed by atoms with Crippen LogP contribution in [0.25, 0.3) is 10.8 Å². The van der Waals surface area contributed by atoms with E-state index in [0.717, 1.165) is 11.1 Å². The highest BCUT2D eigenvalue weighted by Crippen LogP contribution is 2.12. The smallest absolute Gasteiger partial charge is 0.274 e. The first kappa shape index (κ1) is 16.7. The summed E-state index contributed by atoms with van der Waals surface area (Å²) in [6.45, 7) is 4.11. The van der Waals surface area contributed by atoms with E-state index in [1.807, 2.05) is 6.92 Å². The van der Waals surface area contributed by atoms with Crippen LogP contribution in [0.1, 0.15) is 30.8 Å². The number of aromatic nitrogens is 2. The molecule has 2 rings (SSSR count). The molecule has 0 aliphatic carbocycles. The van der Waals surface area contributed by atoms with Crippen LogP contribution in [-0.4, -0.2) is 34.2 Å². The summed E-state index contributed by atoms with van der Waals surface area (Å²) in [5.41, 5.74) is -0.149. The summed E-state index contributed by atoms with van der Waals surface area (Å²) < 4.78 is 1.12. The number of rotatable bonds is 5. The van der Waals surface area contributed by atoms with E-state index in [2.05, 4.69) is 15.7 Å². The van der Waals surface area contributed by atoms with E-state index in [0.29, 0.717) is 17.3 Å². The number of benzene rings is 1. The van der Waals surface area contributed by atoms with Crippen molar-refractivity contribution in [2.45, 2.75) is 26.3 Å². The van der Waals surface area contributed by atoms with Crippen molar-refractivity contribution in [3.8, 4) is 0 Å². The quantitative estimate of drug-likeness (QED) is 0.844. The van der Waals surface area contributed by atoms with Crippen molar-refractivity contribution in [1.82, 2.24) is 20.4 Å². The SMILES string of the molecule is CCCNC(=O)C(C)NC(=O)c1nn(C)c(=O)c2ccccc12. The largest absolute Gasteiger partial charge is 0.354 e. The molecule has 1 aromatic heterocycles. The van der Waals surface area contributed by atoms with Gasteiger partial charge in [0.25, 0.3) is 11.5 Å². The van der Waals surface area contributed by atoms with Crippen LogP contribution in [0.4, 0.5) is 0 Å². The summed E-state index contributed by atoms with van der Waals surface area (Å²) in [5, 5.41) is 10.2. The molecule has 1 heterocycles. The first-order chi connectivity index (χ1) is 11.0. The molecule has 0 fully saturated rings. The Labute approximate surface area is 133 Å². The van der Waals surface area contributed by atoms with Gasteiger partial charge in [-0.3, -0.25) is 14.4 Å². The number of fused-ring (bicyclic) bond motifs is 1. The third kappa shape index (κ3) is 3.56. The highest BCUT2D eigenvalue weighted by molar-refractivity contribution is 6.06. The van der Waals surface area contributed by atoms with Crippen molar-refractivity contribution in [2.24, 2.45) is 7.05 Å². The van der Waals surface area contributed by atoms with E-state index < -0.39 is 11.9 Å². The van der Waals surface area contributed by atoms with E-state index in [4.69, 9.17) is 0 Å². The van der Waals surface area contributed by atoms with E-state index in [9.17, 15) is 14.4 Å². The van der Waals surface area contributed by atoms with Crippen LogP contribution < -0.4 is 16.2 Å². The van der Waals surface area contributed by atoms with Crippen molar-refractivity contribution in [3.63, 3.8) is 0 Å². The van der Waals surface area contributed by atoms with E-state index in [1.165, 1.54) is 7.05 Å².